The molecule has 1 heterocycles. The lowest BCUT2D eigenvalue weighted by molar-refractivity contribution is -0.120. The monoisotopic (exact) mass is 275 g/mol. The molecule has 0 aromatic heterocycles. The molecule has 0 aliphatic carbocycles. The van der Waals surface area contributed by atoms with Gasteiger partial charge in [-0.1, -0.05) is 43.7 Å². The van der Waals surface area contributed by atoms with E-state index in [0.717, 1.165) is 16.9 Å². The number of rotatable bonds is 4. The predicted molar refractivity (Wildman–Crippen MR) is 73.8 cm³/mol. The predicted octanol–water partition coefficient (Wildman–Crippen LogP) is 1.65. The highest BCUT2D eigenvalue weighted by molar-refractivity contribution is 6.09. The number of nitrogens with zero attached hydrogens (tertiary/aromatic N) is 2. The summed E-state index contributed by atoms with van der Waals surface area (Å²) >= 11 is 0. The fourth-order valence-corrected chi connectivity index (χ4v) is 2.05. The molecule has 6 heteroatoms. The average Bonchev–Trinajstić information content (AvgIpc) is 2.72. The Labute approximate surface area is 117 Å². The van der Waals surface area contributed by atoms with Gasteiger partial charge in [0.25, 0.3) is 5.91 Å². The molecule has 0 saturated heterocycles. The van der Waals surface area contributed by atoms with E-state index in [9.17, 15) is 9.59 Å². The Morgan fingerprint density at radius 2 is 2.10 bits per heavy atom. The number of hydrogen-bond acceptors (Lipinski definition) is 4. The molecule has 2 amide bonds. The molecule has 0 unspecified atom stereocenters. The molecule has 0 radical (unpaired) electrons. The van der Waals surface area contributed by atoms with Crippen LogP contribution in [0.15, 0.2) is 35.3 Å². The van der Waals surface area contributed by atoms with E-state index in [1.165, 1.54) is 0 Å². The Morgan fingerprint density at radius 3 is 2.75 bits per heavy atom. The number of ether oxygens (including phenoxy) is 1. The summed E-state index contributed by atoms with van der Waals surface area (Å²) in [6, 6.07) is 8.67. The van der Waals surface area contributed by atoms with Gasteiger partial charge >= 0.3 is 6.09 Å². The third kappa shape index (κ3) is 2.96. The second-order valence-electron chi connectivity index (χ2n) is 4.52. The molecule has 20 heavy (non-hydrogen) atoms. The molecule has 1 aliphatic rings. The number of guanidine groups is 1. The maximum absolute atomic E-state index is 12.1. The lowest BCUT2D eigenvalue weighted by Gasteiger charge is -2.21. The largest absolute Gasteiger partial charge is 0.444 e. The van der Waals surface area contributed by atoms with Crippen LogP contribution in [0.4, 0.5) is 4.79 Å². The van der Waals surface area contributed by atoms with E-state index in [0.29, 0.717) is 6.42 Å². The van der Waals surface area contributed by atoms with Crippen LogP contribution in [0.25, 0.3) is 0 Å². The van der Waals surface area contributed by atoms with Crippen LogP contribution in [0.5, 0.6) is 0 Å². The van der Waals surface area contributed by atoms with Crippen LogP contribution in [-0.4, -0.2) is 28.9 Å². The van der Waals surface area contributed by atoms with Crippen LogP contribution >= 0.6 is 0 Å². The summed E-state index contributed by atoms with van der Waals surface area (Å²) in [5.74, 6) is -0.479. The summed E-state index contributed by atoms with van der Waals surface area (Å²) < 4.78 is 5.18. The van der Waals surface area contributed by atoms with Gasteiger partial charge in [0.05, 0.1) is 0 Å². The molecule has 0 bridgehead atoms. The maximum atomic E-state index is 12.1. The van der Waals surface area contributed by atoms with Crippen LogP contribution in [0.2, 0.25) is 0 Å². The number of carbonyl (C=O) groups is 2. The van der Waals surface area contributed by atoms with Crippen molar-refractivity contribution in [2.24, 2.45) is 10.7 Å². The van der Waals surface area contributed by atoms with E-state index in [2.05, 4.69) is 4.99 Å². The quantitative estimate of drug-likeness (QED) is 0.905. The Morgan fingerprint density at radius 1 is 1.40 bits per heavy atom. The Hall–Kier alpha value is -2.37. The Bertz CT molecular complexity index is 528. The highest BCUT2D eigenvalue weighted by Crippen LogP contribution is 2.17. The Balaban J connectivity index is 2.00. The molecular formula is C14H17N3O3. The van der Waals surface area contributed by atoms with Crippen molar-refractivity contribution in [2.45, 2.75) is 32.4 Å². The van der Waals surface area contributed by atoms with Crippen LogP contribution < -0.4 is 5.73 Å². The molecule has 1 atom stereocenters. The van der Waals surface area contributed by atoms with Crippen LogP contribution in [0.3, 0.4) is 0 Å². The standard InChI is InChI=1S/C14H17N3O3/c1-2-6-11-12(18)16-13(15)17(11)14(19)20-9-10-7-4-3-5-8-10/h3-5,7-8,11H,2,6,9H2,1H3,(H2,15,16,18)/t11-/m1/s1. The summed E-state index contributed by atoms with van der Waals surface area (Å²) in [4.78, 5) is 28.5. The summed E-state index contributed by atoms with van der Waals surface area (Å²) in [7, 11) is 0. The van der Waals surface area contributed by atoms with E-state index in [-0.39, 0.29) is 18.5 Å². The number of benzene rings is 1. The van der Waals surface area contributed by atoms with E-state index in [4.69, 9.17) is 10.5 Å². The van der Waals surface area contributed by atoms with Gasteiger partial charge in [0.15, 0.2) is 0 Å². The first kappa shape index (κ1) is 14.0. The van der Waals surface area contributed by atoms with Gasteiger partial charge in [-0.2, -0.15) is 4.99 Å². The van der Waals surface area contributed by atoms with Crippen molar-refractivity contribution < 1.29 is 14.3 Å². The van der Waals surface area contributed by atoms with Gasteiger partial charge in [0.2, 0.25) is 5.96 Å². The number of nitrogens with two attached hydrogens (primary N) is 1. The van der Waals surface area contributed by atoms with Gasteiger partial charge in [-0.15, -0.1) is 0 Å². The number of aliphatic imine (C=N–C) groups is 1. The van der Waals surface area contributed by atoms with Crippen molar-refractivity contribution in [1.82, 2.24) is 4.90 Å². The lowest BCUT2D eigenvalue weighted by Crippen LogP contribution is -2.46. The SMILES string of the molecule is CCC[C@@H]1C(=O)N=C(N)N1C(=O)OCc1ccccc1. The van der Waals surface area contributed by atoms with E-state index < -0.39 is 12.1 Å². The number of hydrogen-bond donors (Lipinski definition) is 1. The molecule has 0 saturated carbocycles. The van der Waals surface area contributed by atoms with E-state index in [1.54, 1.807) is 0 Å². The highest BCUT2D eigenvalue weighted by Gasteiger charge is 2.38. The molecular weight excluding hydrogens is 258 g/mol. The topological polar surface area (TPSA) is 85.0 Å². The first-order chi connectivity index (χ1) is 9.63. The maximum Gasteiger partial charge on any atom is 0.417 e. The zero-order valence-electron chi connectivity index (χ0n) is 11.3. The zero-order chi connectivity index (χ0) is 14.5. The van der Waals surface area contributed by atoms with Crippen molar-refractivity contribution >= 4 is 18.0 Å². The summed E-state index contributed by atoms with van der Waals surface area (Å²) in [5, 5.41) is 0. The number of amides is 2. The molecule has 6 nitrogen and oxygen atoms in total. The summed E-state index contributed by atoms with van der Waals surface area (Å²) in [6.45, 7) is 2.06. The first-order valence-corrected chi connectivity index (χ1v) is 6.51. The minimum Gasteiger partial charge on any atom is -0.444 e. The van der Waals surface area contributed by atoms with E-state index in [1.807, 2.05) is 37.3 Å². The third-order valence-electron chi connectivity index (χ3n) is 3.03. The molecule has 1 aromatic carbocycles. The molecule has 106 valence electrons. The van der Waals surface area contributed by atoms with Crippen LogP contribution in [0.1, 0.15) is 25.3 Å². The second kappa shape index (κ2) is 6.18. The fraction of sp³-hybridized carbons (Fsp3) is 0.357. The minimum atomic E-state index is -0.639. The smallest absolute Gasteiger partial charge is 0.417 e. The highest BCUT2D eigenvalue weighted by atomic mass is 16.6. The molecule has 0 spiro atoms. The van der Waals surface area contributed by atoms with Gasteiger partial charge < -0.3 is 10.5 Å². The molecule has 2 N–H and O–H groups in total. The molecule has 1 aromatic rings. The van der Waals surface area contributed by atoms with Gasteiger partial charge in [-0.3, -0.25) is 4.79 Å². The summed E-state index contributed by atoms with van der Waals surface area (Å²) in [5.41, 5.74) is 6.48. The van der Waals surface area contributed by atoms with Gasteiger partial charge in [-0.05, 0) is 12.0 Å². The lowest BCUT2D eigenvalue weighted by atomic mass is 10.1. The van der Waals surface area contributed by atoms with Crippen molar-refractivity contribution in [3.8, 4) is 0 Å². The van der Waals surface area contributed by atoms with Gasteiger partial charge in [-0.25, -0.2) is 9.69 Å². The minimum absolute atomic E-state index is 0.0912. The normalized spacial score (nSPS) is 18.1. The first-order valence-electron chi connectivity index (χ1n) is 6.51. The summed E-state index contributed by atoms with van der Waals surface area (Å²) in [6.07, 6.45) is 0.630. The van der Waals surface area contributed by atoms with E-state index >= 15 is 0 Å². The number of carbonyl (C=O) groups excluding carboxylic acids is 2. The van der Waals surface area contributed by atoms with Crippen molar-refractivity contribution in [3.63, 3.8) is 0 Å². The Kier molecular flexibility index (Phi) is 4.34. The van der Waals surface area contributed by atoms with Crippen LogP contribution in [-0.2, 0) is 16.1 Å². The van der Waals surface area contributed by atoms with Crippen molar-refractivity contribution in [2.75, 3.05) is 0 Å². The van der Waals surface area contributed by atoms with Crippen LogP contribution in [0, 0.1) is 0 Å². The van der Waals surface area contributed by atoms with Gasteiger partial charge in [0, 0.05) is 0 Å². The van der Waals surface area contributed by atoms with Crippen molar-refractivity contribution in [3.05, 3.63) is 35.9 Å². The average molecular weight is 275 g/mol. The third-order valence-corrected chi connectivity index (χ3v) is 3.03. The van der Waals surface area contributed by atoms with Crippen molar-refractivity contribution in [1.29, 1.82) is 0 Å². The zero-order valence-corrected chi connectivity index (χ0v) is 11.3. The molecule has 2 rings (SSSR count). The van der Waals surface area contributed by atoms with Gasteiger partial charge in [0.1, 0.15) is 12.6 Å². The fourth-order valence-electron chi connectivity index (χ4n) is 2.05. The second-order valence-corrected chi connectivity index (χ2v) is 4.52. The molecule has 1 aliphatic heterocycles. The molecule has 0 fully saturated rings.